The molecule has 0 atom stereocenters. The first-order chi connectivity index (χ1) is 15.0. The lowest BCUT2D eigenvalue weighted by Crippen LogP contribution is -2.20. The van der Waals surface area contributed by atoms with Crippen LogP contribution >= 0.6 is 11.3 Å². The third-order valence-corrected chi connectivity index (χ3v) is 6.22. The summed E-state index contributed by atoms with van der Waals surface area (Å²) < 4.78 is 10.7. The lowest BCUT2D eigenvalue weighted by atomic mass is 10.2. The van der Waals surface area contributed by atoms with Crippen LogP contribution in [-0.2, 0) is 13.6 Å². The van der Waals surface area contributed by atoms with E-state index in [1.54, 1.807) is 11.8 Å². The van der Waals surface area contributed by atoms with Crippen LogP contribution in [0.5, 0.6) is 5.75 Å². The smallest absolute Gasteiger partial charge is 0.297 e. The average molecular weight is 433 g/mol. The maximum atomic E-state index is 13.2. The molecule has 6 nitrogen and oxygen atoms in total. The van der Waals surface area contributed by atoms with Crippen LogP contribution in [0.4, 0.5) is 5.69 Å². The molecule has 0 aliphatic rings. The van der Waals surface area contributed by atoms with Gasteiger partial charge in [0.15, 0.2) is 10.5 Å². The van der Waals surface area contributed by atoms with E-state index in [0.717, 1.165) is 32.4 Å². The second-order valence-corrected chi connectivity index (χ2v) is 8.08. The number of thiazole rings is 1. The number of ether oxygens (including phenoxy) is 1. The molecule has 4 aromatic rings. The Morgan fingerprint density at radius 3 is 2.48 bits per heavy atom. The molecule has 0 spiro atoms. The van der Waals surface area contributed by atoms with Gasteiger partial charge in [-0.25, -0.2) is 9.67 Å². The summed E-state index contributed by atoms with van der Waals surface area (Å²) in [5, 5.41) is 0. The Kier molecular flexibility index (Phi) is 5.77. The number of nitrogens with zero attached hydrogens (tertiary/aromatic N) is 4. The molecule has 0 amide bonds. The Morgan fingerprint density at radius 2 is 1.84 bits per heavy atom. The molecule has 2 aromatic carbocycles. The fourth-order valence-electron chi connectivity index (χ4n) is 3.40. The quantitative estimate of drug-likeness (QED) is 0.423. The van der Waals surface area contributed by atoms with Gasteiger partial charge in [-0.05, 0) is 48.9 Å². The van der Waals surface area contributed by atoms with Gasteiger partial charge >= 0.3 is 0 Å². The molecule has 0 saturated carbocycles. The molecule has 0 unspecified atom stereocenters. The van der Waals surface area contributed by atoms with E-state index in [2.05, 4.69) is 6.58 Å². The minimum Gasteiger partial charge on any atom is -0.497 e. The van der Waals surface area contributed by atoms with Crippen LogP contribution in [0.3, 0.4) is 0 Å². The standard InChI is InChI=1S/C24H24N4O2S/c1-5-15-27-16-21(18-11-13-20(30-4)14-12-18)31-24(27)25-22-17(2)26(3)28(23(22)29)19-9-7-6-8-10-19/h5-14,16H,1,15H2,2-4H3. The highest BCUT2D eigenvalue weighted by molar-refractivity contribution is 7.12. The largest absolute Gasteiger partial charge is 0.497 e. The molecule has 2 heterocycles. The van der Waals surface area contributed by atoms with Gasteiger partial charge in [-0.15, -0.1) is 6.58 Å². The van der Waals surface area contributed by atoms with Gasteiger partial charge in [0, 0.05) is 19.8 Å². The molecule has 2 aromatic heterocycles. The van der Waals surface area contributed by atoms with Crippen molar-refractivity contribution in [2.45, 2.75) is 13.5 Å². The Balaban J connectivity index is 1.86. The van der Waals surface area contributed by atoms with Gasteiger partial charge in [-0.2, -0.15) is 0 Å². The Hall–Kier alpha value is -3.58. The molecule has 0 aliphatic carbocycles. The molecule has 4 rings (SSSR count). The van der Waals surface area contributed by atoms with Gasteiger partial charge in [0.25, 0.3) is 5.56 Å². The summed E-state index contributed by atoms with van der Waals surface area (Å²) >= 11 is 1.54. The first-order valence-electron chi connectivity index (χ1n) is 9.88. The van der Waals surface area contributed by atoms with Crippen molar-refractivity contribution in [2.24, 2.45) is 12.0 Å². The molecule has 0 saturated heterocycles. The molecule has 31 heavy (non-hydrogen) atoms. The molecule has 0 fully saturated rings. The van der Waals surface area contributed by atoms with Gasteiger partial charge in [0.2, 0.25) is 0 Å². The monoisotopic (exact) mass is 432 g/mol. The zero-order valence-corrected chi connectivity index (χ0v) is 18.6. The zero-order chi connectivity index (χ0) is 22.0. The summed E-state index contributed by atoms with van der Waals surface area (Å²) in [4.78, 5) is 19.8. The van der Waals surface area contributed by atoms with Crippen molar-refractivity contribution in [1.29, 1.82) is 0 Å². The van der Waals surface area contributed by atoms with Crippen molar-refractivity contribution in [1.82, 2.24) is 13.9 Å². The van der Waals surface area contributed by atoms with E-state index in [4.69, 9.17) is 9.73 Å². The van der Waals surface area contributed by atoms with E-state index in [1.165, 1.54) is 11.3 Å². The number of benzene rings is 2. The lowest BCUT2D eigenvalue weighted by Gasteiger charge is -2.07. The molecule has 7 heteroatoms. The first kappa shape index (κ1) is 20.7. The van der Waals surface area contributed by atoms with Gasteiger partial charge < -0.3 is 9.30 Å². The Bertz CT molecular complexity index is 1340. The van der Waals surface area contributed by atoms with Crippen LogP contribution in [0.25, 0.3) is 16.1 Å². The van der Waals surface area contributed by atoms with E-state index in [1.807, 2.05) is 90.1 Å². The highest BCUT2D eigenvalue weighted by Crippen LogP contribution is 2.25. The number of methoxy groups -OCH3 is 1. The highest BCUT2D eigenvalue weighted by Gasteiger charge is 2.16. The summed E-state index contributed by atoms with van der Waals surface area (Å²) in [6.45, 7) is 6.37. The number of allylic oxidation sites excluding steroid dienone is 1. The first-order valence-corrected chi connectivity index (χ1v) is 10.7. The van der Waals surface area contributed by atoms with Gasteiger partial charge in [0.05, 0.1) is 23.4 Å². The number of aromatic nitrogens is 3. The van der Waals surface area contributed by atoms with E-state index >= 15 is 0 Å². The van der Waals surface area contributed by atoms with E-state index in [9.17, 15) is 4.79 Å². The maximum absolute atomic E-state index is 13.2. The van der Waals surface area contributed by atoms with Crippen LogP contribution in [-0.4, -0.2) is 21.0 Å². The SMILES string of the molecule is C=CCn1cc(-c2ccc(OC)cc2)sc1=Nc1c(C)n(C)n(-c2ccccc2)c1=O. The van der Waals surface area contributed by atoms with Gasteiger partial charge in [0.1, 0.15) is 5.75 Å². The summed E-state index contributed by atoms with van der Waals surface area (Å²) in [5.41, 5.74) is 2.97. The van der Waals surface area contributed by atoms with Crippen molar-refractivity contribution in [3.63, 3.8) is 0 Å². The summed E-state index contributed by atoms with van der Waals surface area (Å²) in [7, 11) is 3.53. The summed E-state index contributed by atoms with van der Waals surface area (Å²) in [5.74, 6) is 0.811. The second-order valence-electron chi connectivity index (χ2n) is 7.07. The molecule has 0 aliphatic heterocycles. The molecular formula is C24H24N4O2S. The van der Waals surface area contributed by atoms with Crippen LogP contribution in [0, 0.1) is 6.92 Å². The summed E-state index contributed by atoms with van der Waals surface area (Å²) in [6, 6.07) is 17.5. The second kappa shape index (κ2) is 8.65. The topological polar surface area (TPSA) is 53.4 Å². The highest BCUT2D eigenvalue weighted by atomic mass is 32.1. The third kappa shape index (κ3) is 3.92. The van der Waals surface area contributed by atoms with Crippen LogP contribution < -0.4 is 15.1 Å². The fourth-order valence-corrected chi connectivity index (χ4v) is 4.42. The van der Waals surface area contributed by atoms with Crippen LogP contribution in [0.15, 0.2) is 83.2 Å². The Morgan fingerprint density at radius 1 is 1.13 bits per heavy atom. The zero-order valence-electron chi connectivity index (χ0n) is 17.8. The van der Waals surface area contributed by atoms with Crippen molar-refractivity contribution in [3.8, 4) is 21.9 Å². The maximum Gasteiger partial charge on any atom is 0.297 e. The van der Waals surface area contributed by atoms with E-state index < -0.39 is 0 Å². The summed E-state index contributed by atoms with van der Waals surface area (Å²) in [6.07, 6.45) is 3.87. The lowest BCUT2D eigenvalue weighted by molar-refractivity contribution is 0.415. The van der Waals surface area contributed by atoms with E-state index in [-0.39, 0.29) is 5.56 Å². The predicted octanol–water partition coefficient (Wildman–Crippen LogP) is 4.44. The minimum absolute atomic E-state index is 0.143. The van der Waals surface area contributed by atoms with Crippen LogP contribution in [0.2, 0.25) is 0 Å². The minimum atomic E-state index is -0.143. The number of hydrogen-bond acceptors (Lipinski definition) is 4. The van der Waals surface area contributed by atoms with E-state index in [0.29, 0.717) is 12.2 Å². The average Bonchev–Trinajstić information content (AvgIpc) is 3.29. The van der Waals surface area contributed by atoms with Gasteiger partial charge in [-0.1, -0.05) is 35.6 Å². The number of para-hydroxylation sites is 1. The normalized spacial score (nSPS) is 11.6. The Labute approximate surface area is 184 Å². The van der Waals surface area contributed by atoms with Crippen molar-refractivity contribution in [2.75, 3.05) is 7.11 Å². The number of hydrogen-bond donors (Lipinski definition) is 0. The number of rotatable bonds is 6. The predicted molar refractivity (Wildman–Crippen MR) is 125 cm³/mol. The fraction of sp³-hybridized carbons (Fsp3) is 0.167. The van der Waals surface area contributed by atoms with Crippen molar-refractivity contribution in [3.05, 3.63) is 94.3 Å². The molecule has 0 radical (unpaired) electrons. The molecule has 158 valence electrons. The molecule has 0 N–H and O–H groups in total. The third-order valence-electron chi connectivity index (χ3n) is 5.15. The van der Waals surface area contributed by atoms with Crippen molar-refractivity contribution < 1.29 is 4.74 Å². The van der Waals surface area contributed by atoms with Crippen molar-refractivity contribution >= 4 is 17.0 Å². The molecular weight excluding hydrogens is 408 g/mol. The molecule has 0 bridgehead atoms. The van der Waals surface area contributed by atoms with Gasteiger partial charge in [-0.3, -0.25) is 9.48 Å². The van der Waals surface area contributed by atoms with Crippen LogP contribution in [0.1, 0.15) is 5.69 Å².